The Morgan fingerprint density at radius 3 is 2.05 bits per heavy atom. The quantitative estimate of drug-likeness (QED) is 0.881. The van der Waals surface area contributed by atoms with Crippen LogP contribution in [0.5, 0.6) is 0 Å². The molecule has 4 heteroatoms. The molecule has 0 saturated carbocycles. The fraction of sp³-hybridized carbons (Fsp3) is 0.250. The van der Waals surface area contributed by atoms with Gasteiger partial charge in [-0.05, 0) is 36.1 Å². The highest BCUT2D eigenvalue weighted by Crippen LogP contribution is 2.29. The minimum absolute atomic E-state index is 0.482. The third kappa shape index (κ3) is 3.84. The first kappa shape index (κ1) is 14.6. The fourth-order valence-electron chi connectivity index (χ4n) is 2.01. The zero-order valence-electron chi connectivity index (χ0n) is 10.8. The summed E-state index contributed by atoms with van der Waals surface area (Å²) in [5, 5.41) is 9.99. The van der Waals surface area contributed by atoms with Gasteiger partial charge in [-0.1, -0.05) is 42.5 Å². The van der Waals surface area contributed by atoms with Gasteiger partial charge in [-0.3, -0.25) is 0 Å². The molecule has 2 aromatic rings. The average Bonchev–Trinajstić information content (AvgIpc) is 2.45. The second-order valence-electron chi connectivity index (χ2n) is 4.66. The molecule has 2 rings (SSSR count). The molecule has 0 heterocycles. The molecule has 2 aromatic carbocycles. The predicted molar refractivity (Wildman–Crippen MR) is 71.2 cm³/mol. The molecule has 0 amide bonds. The van der Waals surface area contributed by atoms with E-state index >= 15 is 0 Å². The molecule has 0 fully saturated rings. The van der Waals surface area contributed by atoms with Crippen LogP contribution in [0.15, 0.2) is 54.6 Å². The summed E-state index contributed by atoms with van der Waals surface area (Å²) in [7, 11) is 0. The number of rotatable bonds is 4. The van der Waals surface area contributed by atoms with Gasteiger partial charge in [0, 0.05) is 0 Å². The Kier molecular flexibility index (Phi) is 4.45. The lowest BCUT2D eigenvalue weighted by Gasteiger charge is -2.11. The van der Waals surface area contributed by atoms with Crippen molar-refractivity contribution in [3.05, 3.63) is 71.3 Å². The Labute approximate surface area is 115 Å². The molecule has 0 unspecified atom stereocenters. The van der Waals surface area contributed by atoms with E-state index in [-0.39, 0.29) is 0 Å². The number of hydrogen-bond acceptors (Lipinski definition) is 1. The van der Waals surface area contributed by atoms with E-state index in [1.807, 2.05) is 30.3 Å². The standard InChI is InChI=1S/C16H15F3O/c17-16(18,19)14-9-6-12(7-10-14)8-11-15(20)13-4-2-1-3-5-13/h1-7,9-10,15,20H,8,11H2/t15-/m1/s1. The Hall–Kier alpha value is -1.81. The monoisotopic (exact) mass is 280 g/mol. The molecule has 0 spiro atoms. The van der Waals surface area contributed by atoms with Crippen molar-refractivity contribution in [2.24, 2.45) is 0 Å². The van der Waals surface area contributed by atoms with Crippen LogP contribution in [0.1, 0.15) is 29.2 Å². The smallest absolute Gasteiger partial charge is 0.388 e. The molecule has 1 nitrogen and oxygen atoms in total. The van der Waals surface area contributed by atoms with Crippen LogP contribution in [0.4, 0.5) is 13.2 Å². The van der Waals surface area contributed by atoms with E-state index < -0.39 is 17.8 Å². The van der Waals surface area contributed by atoms with Crippen molar-refractivity contribution >= 4 is 0 Å². The zero-order valence-corrected chi connectivity index (χ0v) is 10.8. The predicted octanol–water partition coefficient (Wildman–Crippen LogP) is 4.37. The third-order valence-electron chi connectivity index (χ3n) is 3.17. The second kappa shape index (κ2) is 6.09. The normalized spacial score (nSPS) is 13.2. The van der Waals surface area contributed by atoms with Crippen molar-refractivity contribution in [2.75, 3.05) is 0 Å². The largest absolute Gasteiger partial charge is 0.416 e. The van der Waals surface area contributed by atoms with Crippen molar-refractivity contribution < 1.29 is 18.3 Å². The van der Waals surface area contributed by atoms with Gasteiger partial charge in [-0.25, -0.2) is 0 Å². The van der Waals surface area contributed by atoms with Crippen LogP contribution in [-0.2, 0) is 12.6 Å². The topological polar surface area (TPSA) is 20.2 Å². The number of hydrogen-bond donors (Lipinski definition) is 1. The van der Waals surface area contributed by atoms with Gasteiger partial charge in [-0.2, -0.15) is 13.2 Å². The lowest BCUT2D eigenvalue weighted by atomic mass is 10.0. The summed E-state index contributed by atoms with van der Waals surface area (Å²) in [5.74, 6) is 0. The van der Waals surface area contributed by atoms with E-state index in [0.29, 0.717) is 12.8 Å². The van der Waals surface area contributed by atoms with Crippen molar-refractivity contribution in [3.63, 3.8) is 0 Å². The lowest BCUT2D eigenvalue weighted by molar-refractivity contribution is -0.137. The van der Waals surface area contributed by atoms with E-state index in [0.717, 1.165) is 23.3 Å². The molecule has 1 atom stereocenters. The Morgan fingerprint density at radius 1 is 0.900 bits per heavy atom. The number of halogens is 3. The Balaban J connectivity index is 1.94. The van der Waals surface area contributed by atoms with Crippen LogP contribution in [-0.4, -0.2) is 5.11 Å². The molecular weight excluding hydrogens is 265 g/mol. The van der Waals surface area contributed by atoms with Crippen molar-refractivity contribution in [1.82, 2.24) is 0 Å². The van der Waals surface area contributed by atoms with Crippen LogP contribution in [0.25, 0.3) is 0 Å². The molecule has 0 aliphatic carbocycles. The molecule has 20 heavy (non-hydrogen) atoms. The zero-order chi connectivity index (χ0) is 14.6. The van der Waals surface area contributed by atoms with Gasteiger partial charge in [0.1, 0.15) is 0 Å². The summed E-state index contributed by atoms with van der Waals surface area (Å²) in [4.78, 5) is 0. The molecule has 0 bridgehead atoms. The van der Waals surface area contributed by atoms with E-state index in [1.165, 1.54) is 12.1 Å². The van der Waals surface area contributed by atoms with Gasteiger partial charge in [-0.15, -0.1) is 0 Å². The first-order valence-corrected chi connectivity index (χ1v) is 6.36. The molecule has 106 valence electrons. The summed E-state index contributed by atoms with van der Waals surface area (Å²) in [6, 6.07) is 14.3. The van der Waals surface area contributed by atoms with Gasteiger partial charge >= 0.3 is 6.18 Å². The lowest BCUT2D eigenvalue weighted by Crippen LogP contribution is -2.05. The molecular formula is C16H15F3O. The van der Waals surface area contributed by atoms with E-state index in [9.17, 15) is 18.3 Å². The first-order valence-electron chi connectivity index (χ1n) is 6.36. The third-order valence-corrected chi connectivity index (χ3v) is 3.17. The summed E-state index contributed by atoms with van der Waals surface area (Å²) in [6.45, 7) is 0. The Morgan fingerprint density at radius 2 is 1.50 bits per heavy atom. The SMILES string of the molecule is O[C@H](CCc1ccc(C(F)(F)F)cc1)c1ccccc1. The molecule has 0 saturated heterocycles. The van der Waals surface area contributed by atoms with Gasteiger partial charge in [0.15, 0.2) is 0 Å². The minimum atomic E-state index is -4.30. The van der Waals surface area contributed by atoms with Gasteiger partial charge < -0.3 is 5.11 Å². The van der Waals surface area contributed by atoms with Crippen molar-refractivity contribution in [3.8, 4) is 0 Å². The summed E-state index contributed by atoms with van der Waals surface area (Å²) < 4.78 is 37.2. The molecule has 0 aromatic heterocycles. The van der Waals surface area contributed by atoms with Crippen LogP contribution < -0.4 is 0 Å². The van der Waals surface area contributed by atoms with Crippen LogP contribution in [0.3, 0.4) is 0 Å². The van der Waals surface area contributed by atoms with Gasteiger partial charge in [0.25, 0.3) is 0 Å². The Bertz CT molecular complexity index is 532. The summed E-state index contributed by atoms with van der Waals surface area (Å²) in [5.41, 5.74) is 0.956. The first-order chi connectivity index (χ1) is 9.47. The van der Waals surface area contributed by atoms with Gasteiger partial charge in [0.05, 0.1) is 11.7 Å². The maximum Gasteiger partial charge on any atom is 0.416 e. The summed E-state index contributed by atoms with van der Waals surface area (Å²) >= 11 is 0. The number of alkyl halides is 3. The number of aryl methyl sites for hydroxylation is 1. The molecule has 0 aliphatic heterocycles. The summed E-state index contributed by atoms with van der Waals surface area (Å²) in [6.07, 6.45) is -3.88. The van der Waals surface area contributed by atoms with E-state index in [4.69, 9.17) is 0 Å². The van der Waals surface area contributed by atoms with Crippen molar-refractivity contribution in [2.45, 2.75) is 25.1 Å². The minimum Gasteiger partial charge on any atom is -0.388 e. The highest BCUT2D eigenvalue weighted by Gasteiger charge is 2.29. The second-order valence-corrected chi connectivity index (χ2v) is 4.66. The molecule has 0 aliphatic rings. The van der Waals surface area contributed by atoms with Crippen LogP contribution in [0, 0.1) is 0 Å². The average molecular weight is 280 g/mol. The number of aliphatic hydroxyl groups excluding tert-OH is 1. The van der Waals surface area contributed by atoms with E-state index in [2.05, 4.69) is 0 Å². The number of aliphatic hydroxyl groups is 1. The maximum absolute atomic E-state index is 12.4. The van der Waals surface area contributed by atoms with Crippen molar-refractivity contribution in [1.29, 1.82) is 0 Å². The fourth-order valence-corrected chi connectivity index (χ4v) is 2.01. The molecule has 1 N–H and O–H groups in total. The van der Waals surface area contributed by atoms with E-state index in [1.54, 1.807) is 0 Å². The highest BCUT2D eigenvalue weighted by atomic mass is 19.4. The molecule has 0 radical (unpaired) electrons. The van der Waals surface area contributed by atoms with Gasteiger partial charge in [0.2, 0.25) is 0 Å². The highest BCUT2D eigenvalue weighted by molar-refractivity contribution is 5.25. The van der Waals surface area contributed by atoms with Crippen LogP contribution in [0.2, 0.25) is 0 Å². The maximum atomic E-state index is 12.4. The number of benzene rings is 2. The van der Waals surface area contributed by atoms with Crippen LogP contribution >= 0.6 is 0 Å².